The zero-order valence-electron chi connectivity index (χ0n) is 7.67. The highest BCUT2D eigenvalue weighted by atomic mass is 79.9. The summed E-state index contributed by atoms with van der Waals surface area (Å²) in [7, 11) is 0. The van der Waals surface area contributed by atoms with Crippen LogP contribution in [0.5, 0.6) is 5.06 Å². The van der Waals surface area contributed by atoms with Gasteiger partial charge in [-0.25, -0.2) is 0 Å². The highest BCUT2D eigenvalue weighted by Gasteiger charge is 1.93. The van der Waals surface area contributed by atoms with Gasteiger partial charge in [0.05, 0.1) is 6.61 Å². The second-order valence-corrected chi connectivity index (χ2v) is 4.59. The standard InChI is InChI=1S/C10H15BrOS/c11-7-3-1-2-4-8-12-10-6-5-9-13-10/h5-6,9H,1-4,7-8H2. The van der Waals surface area contributed by atoms with Crippen LogP contribution in [0.3, 0.4) is 0 Å². The molecule has 0 aliphatic rings. The molecule has 1 nitrogen and oxygen atoms in total. The van der Waals surface area contributed by atoms with Gasteiger partial charge in [0, 0.05) is 5.33 Å². The fourth-order valence-corrected chi connectivity index (χ4v) is 2.06. The maximum atomic E-state index is 5.53. The van der Waals surface area contributed by atoms with E-state index < -0.39 is 0 Å². The normalized spacial score (nSPS) is 10.2. The molecule has 13 heavy (non-hydrogen) atoms. The van der Waals surface area contributed by atoms with Crippen LogP contribution in [0.1, 0.15) is 25.7 Å². The Hall–Kier alpha value is -0.0200. The van der Waals surface area contributed by atoms with E-state index >= 15 is 0 Å². The number of halogens is 1. The zero-order chi connectivity index (χ0) is 9.36. The molecule has 1 aromatic heterocycles. The Kier molecular flexibility index (Phi) is 6.29. The van der Waals surface area contributed by atoms with Crippen LogP contribution >= 0.6 is 27.3 Å². The number of alkyl halides is 1. The molecule has 1 heterocycles. The van der Waals surface area contributed by atoms with Crippen LogP contribution in [-0.4, -0.2) is 11.9 Å². The molecule has 0 aliphatic heterocycles. The second-order valence-electron chi connectivity index (χ2n) is 2.88. The average Bonchev–Trinajstić information content (AvgIpc) is 2.63. The van der Waals surface area contributed by atoms with E-state index in [1.807, 2.05) is 17.5 Å². The highest BCUT2D eigenvalue weighted by Crippen LogP contribution is 2.18. The van der Waals surface area contributed by atoms with Gasteiger partial charge in [-0.15, -0.1) is 11.3 Å². The van der Waals surface area contributed by atoms with Gasteiger partial charge in [0.25, 0.3) is 0 Å². The third-order valence-electron chi connectivity index (χ3n) is 1.77. The fourth-order valence-electron chi connectivity index (χ4n) is 1.07. The van der Waals surface area contributed by atoms with Crippen molar-refractivity contribution in [1.29, 1.82) is 0 Å². The third kappa shape index (κ3) is 5.32. The summed E-state index contributed by atoms with van der Waals surface area (Å²) in [6, 6.07) is 4.04. The summed E-state index contributed by atoms with van der Waals surface area (Å²) in [5, 5.41) is 4.21. The van der Waals surface area contributed by atoms with E-state index in [0.29, 0.717) is 0 Å². The van der Waals surface area contributed by atoms with Crippen molar-refractivity contribution >= 4 is 27.3 Å². The number of thiophene rings is 1. The van der Waals surface area contributed by atoms with Crippen LogP contribution in [-0.2, 0) is 0 Å². The molecule has 0 spiro atoms. The van der Waals surface area contributed by atoms with E-state index in [4.69, 9.17) is 4.74 Å². The SMILES string of the molecule is BrCCCCCCOc1cccs1. The lowest BCUT2D eigenvalue weighted by atomic mass is 10.2. The van der Waals surface area contributed by atoms with Crippen molar-refractivity contribution in [2.75, 3.05) is 11.9 Å². The van der Waals surface area contributed by atoms with Gasteiger partial charge >= 0.3 is 0 Å². The molecule has 0 atom stereocenters. The molecular weight excluding hydrogens is 248 g/mol. The molecule has 0 aliphatic carbocycles. The van der Waals surface area contributed by atoms with Crippen LogP contribution < -0.4 is 4.74 Å². The molecule has 0 saturated heterocycles. The minimum atomic E-state index is 0.864. The first-order valence-corrected chi connectivity index (χ1v) is 6.66. The molecule has 0 unspecified atom stereocenters. The number of hydrogen-bond acceptors (Lipinski definition) is 2. The van der Waals surface area contributed by atoms with Gasteiger partial charge in [0.15, 0.2) is 5.06 Å². The van der Waals surface area contributed by atoms with Crippen LogP contribution in [0.15, 0.2) is 17.5 Å². The molecule has 3 heteroatoms. The molecule has 0 saturated carbocycles. The number of rotatable bonds is 7. The lowest BCUT2D eigenvalue weighted by Gasteiger charge is -2.02. The molecule has 0 N–H and O–H groups in total. The Bertz CT molecular complexity index is 199. The van der Waals surface area contributed by atoms with Gasteiger partial charge in [-0.2, -0.15) is 0 Å². The van der Waals surface area contributed by atoms with Crippen molar-refractivity contribution in [1.82, 2.24) is 0 Å². The van der Waals surface area contributed by atoms with E-state index in [-0.39, 0.29) is 0 Å². The molecular formula is C10H15BrOS. The van der Waals surface area contributed by atoms with Gasteiger partial charge < -0.3 is 4.74 Å². The Labute approximate surface area is 92.2 Å². The minimum absolute atomic E-state index is 0.864. The van der Waals surface area contributed by atoms with Gasteiger partial charge in [-0.1, -0.05) is 28.8 Å². The van der Waals surface area contributed by atoms with Gasteiger partial charge in [-0.3, -0.25) is 0 Å². The molecule has 1 aromatic rings. The minimum Gasteiger partial charge on any atom is -0.484 e. The van der Waals surface area contributed by atoms with Crippen molar-refractivity contribution in [3.63, 3.8) is 0 Å². The van der Waals surface area contributed by atoms with Crippen molar-refractivity contribution in [2.24, 2.45) is 0 Å². The first kappa shape index (κ1) is 11.1. The van der Waals surface area contributed by atoms with E-state index in [9.17, 15) is 0 Å². The predicted octanol–water partition coefficient (Wildman–Crippen LogP) is 4.08. The van der Waals surface area contributed by atoms with Crippen molar-refractivity contribution in [2.45, 2.75) is 25.7 Å². The lowest BCUT2D eigenvalue weighted by molar-refractivity contribution is 0.313. The zero-order valence-corrected chi connectivity index (χ0v) is 10.1. The summed E-state index contributed by atoms with van der Waals surface area (Å²) >= 11 is 5.08. The quantitative estimate of drug-likeness (QED) is 0.532. The van der Waals surface area contributed by atoms with Gasteiger partial charge in [0.2, 0.25) is 0 Å². The van der Waals surface area contributed by atoms with Crippen LogP contribution in [0.4, 0.5) is 0 Å². The van der Waals surface area contributed by atoms with Gasteiger partial charge in [-0.05, 0) is 30.4 Å². The van der Waals surface area contributed by atoms with Crippen molar-refractivity contribution < 1.29 is 4.74 Å². The Morgan fingerprint density at radius 1 is 1.23 bits per heavy atom. The summed E-state index contributed by atoms with van der Waals surface area (Å²) in [6.45, 7) is 0.864. The summed E-state index contributed by atoms with van der Waals surface area (Å²) in [6.07, 6.45) is 5.03. The first-order valence-electron chi connectivity index (χ1n) is 4.66. The molecule has 1 rings (SSSR count). The van der Waals surface area contributed by atoms with Crippen molar-refractivity contribution in [3.8, 4) is 5.06 Å². The molecule has 0 radical (unpaired) electrons. The van der Waals surface area contributed by atoms with E-state index in [1.54, 1.807) is 11.3 Å². The Balaban J connectivity index is 1.90. The largest absolute Gasteiger partial charge is 0.484 e. The summed E-state index contributed by atoms with van der Waals surface area (Å²) < 4.78 is 5.53. The van der Waals surface area contributed by atoms with Gasteiger partial charge in [0.1, 0.15) is 0 Å². The van der Waals surface area contributed by atoms with Crippen molar-refractivity contribution in [3.05, 3.63) is 17.5 Å². The fraction of sp³-hybridized carbons (Fsp3) is 0.600. The highest BCUT2D eigenvalue weighted by molar-refractivity contribution is 9.09. The average molecular weight is 263 g/mol. The van der Waals surface area contributed by atoms with Crippen LogP contribution in [0, 0.1) is 0 Å². The second kappa shape index (κ2) is 7.39. The molecule has 0 amide bonds. The van der Waals surface area contributed by atoms with Crippen LogP contribution in [0.25, 0.3) is 0 Å². The monoisotopic (exact) mass is 262 g/mol. The molecule has 0 fully saturated rings. The number of ether oxygens (including phenoxy) is 1. The third-order valence-corrected chi connectivity index (χ3v) is 3.11. The Morgan fingerprint density at radius 2 is 2.08 bits per heavy atom. The molecule has 74 valence electrons. The molecule has 0 bridgehead atoms. The maximum absolute atomic E-state index is 5.53. The summed E-state index contributed by atoms with van der Waals surface area (Å²) in [5.41, 5.74) is 0. The topological polar surface area (TPSA) is 9.23 Å². The summed E-state index contributed by atoms with van der Waals surface area (Å²) in [5.74, 6) is 0. The first-order chi connectivity index (χ1) is 6.43. The lowest BCUT2D eigenvalue weighted by Crippen LogP contribution is -1.95. The van der Waals surface area contributed by atoms with E-state index in [2.05, 4.69) is 15.9 Å². The molecule has 0 aromatic carbocycles. The predicted molar refractivity (Wildman–Crippen MR) is 62.1 cm³/mol. The van der Waals surface area contributed by atoms with E-state index in [1.165, 1.54) is 25.7 Å². The van der Waals surface area contributed by atoms with E-state index in [0.717, 1.165) is 17.0 Å². The maximum Gasteiger partial charge on any atom is 0.173 e. The number of unbranched alkanes of at least 4 members (excludes halogenated alkanes) is 3. The summed E-state index contributed by atoms with van der Waals surface area (Å²) in [4.78, 5) is 0. The Morgan fingerprint density at radius 3 is 2.77 bits per heavy atom. The van der Waals surface area contributed by atoms with Crippen LogP contribution in [0.2, 0.25) is 0 Å². The number of hydrogen-bond donors (Lipinski definition) is 0. The smallest absolute Gasteiger partial charge is 0.173 e.